The Morgan fingerprint density at radius 1 is 1.38 bits per heavy atom. The number of nitrogens with two attached hydrogens (primary N) is 1. The molecule has 1 aliphatic carbocycles. The fourth-order valence-corrected chi connectivity index (χ4v) is 1.94. The van der Waals surface area contributed by atoms with Gasteiger partial charge in [-0.1, -0.05) is 0 Å². The second-order valence-electron chi connectivity index (χ2n) is 3.99. The molecule has 0 aromatic rings. The molecule has 0 aromatic carbocycles. The van der Waals surface area contributed by atoms with Crippen molar-refractivity contribution in [3.63, 3.8) is 0 Å². The molecule has 0 radical (unpaired) electrons. The van der Waals surface area contributed by atoms with Crippen molar-refractivity contribution in [3.05, 3.63) is 0 Å². The highest BCUT2D eigenvalue weighted by Gasteiger charge is 2.18. The summed E-state index contributed by atoms with van der Waals surface area (Å²) in [4.78, 5) is 11.0. The number of rotatable bonds is 3. The van der Waals surface area contributed by atoms with Gasteiger partial charge in [-0.25, -0.2) is 0 Å². The van der Waals surface area contributed by atoms with E-state index >= 15 is 0 Å². The maximum Gasteiger partial charge on any atom is 0.219 e. The van der Waals surface area contributed by atoms with Gasteiger partial charge in [0, 0.05) is 19.5 Å². The molecule has 1 rings (SSSR count). The number of hydrogen-bond acceptors (Lipinski definition) is 2. The van der Waals surface area contributed by atoms with E-state index in [-0.39, 0.29) is 5.91 Å². The van der Waals surface area contributed by atoms with Gasteiger partial charge in [-0.05, 0) is 38.0 Å². The molecule has 13 heavy (non-hydrogen) atoms. The molecular weight excluding hydrogens is 164 g/mol. The third kappa shape index (κ3) is 3.77. The number of carbonyl (C=O) groups is 1. The maximum absolute atomic E-state index is 11.0. The Bertz CT molecular complexity index is 162. The fraction of sp³-hybridized carbons (Fsp3) is 0.900. The average molecular weight is 184 g/mol. The molecule has 0 spiro atoms. The minimum atomic E-state index is 0.162. The average Bonchev–Trinajstić information content (AvgIpc) is 2.16. The molecule has 0 saturated heterocycles. The molecule has 1 amide bonds. The van der Waals surface area contributed by atoms with E-state index in [2.05, 4.69) is 5.32 Å². The summed E-state index contributed by atoms with van der Waals surface area (Å²) in [6.45, 7) is 0. The predicted octanol–water partition coefficient (Wildman–Crippen LogP) is 1.03. The lowest BCUT2D eigenvalue weighted by atomic mass is 9.84. The first kappa shape index (κ1) is 10.5. The van der Waals surface area contributed by atoms with Crippen LogP contribution >= 0.6 is 0 Å². The lowest BCUT2D eigenvalue weighted by molar-refractivity contribution is -0.120. The van der Waals surface area contributed by atoms with E-state index < -0.39 is 0 Å². The van der Waals surface area contributed by atoms with Gasteiger partial charge in [0.05, 0.1) is 0 Å². The molecule has 3 nitrogen and oxygen atoms in total. The lowest BCUT2D eigenvalue weighted by Crippen LogP contribution is -2.27. The molecule has 1 fully saturated rings. The van der Waals surface area contributed by atoms with E-state index in [1.54, 1.807) is 7.05 Å². The molecule has 0 atom stereocenters. The molecule has 1 aliphatic rings. The summed E-state index contributed by atoms with van der Waals surface area (Å²) in [5, 5.41) is 2.65. The fourth-order valence-electron chi connectivity index (χ4n) is 1.94. The van der Waals surface area contributed by atoms with E-state index in [1.165, 1.54) is 12.8 Å². The van der Waals surface area contributed by atoms with Gasteiger partial charge in [0.2, 0.25) is 5.91 Å². The zero-order chi connectivity index (χ0) is 9.68. The van der Waals surface area contributed by atoms with Crippen LogP contribution in [0.25, 0.3) is 0 Å². The van der Waals surface area contributed by atoms with E-state index in [0.717, 1.165) is 25.2 Å². The molecule has 0 bridgehead atoms. The van der Waals surface area contributed by atoms with Crippen LogP contribution in [0.4, 0.5) is 0 Å². The van der Waals surface area contributed by atoms with Crippen LogP contribution in [0.3, 0.4) is 0 Å². The van der Waals surface area contributed by atoms with Gasteiger partial charge in [-0.3, -0.25) is 4.79 Å². The standard InChI is InChI=1S/C10H20N2O/c1-12-10(13)7-4-8-2-5-9(11)6-3-8/h8-9H,2-7,11H2,1H3,(H,12,13). The summed E-state index contributed by atoms with van der Waals surface area (Å²) in [7, 11) is 1.69. The van der Waals surface area contributed by atoms with Crippen LogP contribution < -0.4 is 11.1 Å². The molecule has 76 valence electrons. The number of carbonyl (C=O) groups excluding carboxylic acids is 1. The second kappa shape index (κ2) is 5.22. The van der Waals surface area contributed by atoms with Crippen LogP contribution in [0.1, 0.15) is 38.5 Å². The van der Waals surface area contributed by atoms with Crippen LogP contribution in [0.15, 0.2) is 0 Å². The zero-order valence-corrected chi connectivity index (χ0v) is 8.38. The van der Waals surface area contributed by atoms with Crippen molar-refractivity contribution in [3.8, 4) is 0 Å². The molecule has 0 aliphatic heterocycles. The van der Waals surface area contributed by atoms with Gasteiger partial charge < -0.3 is 11.1 Å². The quantitative estimate of drug-likeness (QED) is 0.688. The summed E-state index contributed by atoms with van der Waals surface area (Å²) < 4.78 is 0. The molecule has 0 unspecified atom stereocenters. The highest BCUT2D eigenvalue weighted by Crippen LogP contribution is 2.26. The van der Waals surface area contributed by atoms with E-state index in [9.17, 15) is 4.79 Å². The number of hydrogen-bond donors (Lipinski definition) is 2. The first-order valence-electron chi connectivity index (χ1n) is 5.18. The first-order valence-corrected chi connectivity index (χ1v) is 5.18. The van der Waals surface area contributed by atoms with Gasteiger partial charge >= 0.3 is 0 Å². The molecule has 0 aromatic heterocycles. The van der Waals surface area contributed by atoms with Crippen LogP contribution in [0.2, 0.25) is 0 Å². The summed E-state index contributed by atoms with van der Waals surface area (Å²) in [5.41, 5.74) is 5.80. The number of amides is 1. The zero-order valence-electron chi connectivity index (χ0n) is 8.38. The monoisotopic (exact) mass is 184 g/mol. The molecule has 3 N–H and O–H groups in total. The summed E-state index contributed by atoms with van der Waals surface area (Å²) in [6, 6.07) is 0.413. The van der Waals surface area contributed by atoms with Crippen molar-refractivity contribution in [2.24, 2.45) is 11.7 Å². The molecular formula is C10H20N2O. The van der Waals surface area contributed by atoms with Crippen LogP contribution in [0.5, 0.6) is 0 Å². The first-order chi connectivity index (χ1) is 6.22. The van der Waals surface area contributed by atoms with Crippen molar-refractivity contribution in [1.82, 2.24) is 5.32 Å². The summed E-state index contributed by atoms with van der Waals surface area (Å²) in [5.74, 6) is 0.895. The van der Waals surface area contributed by atoms with E-state index in [1.807, 2.05) is 0 Å². The van der Waals surface area contributed by atoms with Crippen molar-refractivity contribution < 1.29 is 4.79 Å². The summed E-state index contributed by atoms with van der Waals surface area (Å²) in [6.07, 6.45) is 6.40. The molecule has 3 heteroatoms. The second-order valence-corrected chi connectivity index (χ2v) is 3.99. The molecule has 1 saturated carbocycles. The summed E-state index contributed by atoms with van der Waals surface area (Å²) >= 11 is 0. The maximum atomic E-state index is 11.0. The SMILES string of the molecule is CNC(=O)CCC1CCC(N)CC1. The Hall–Kier alpha value is -0.570. The van der Waals surface area contributed by atoms with Gasteiger partial charge in [0.25, 0.3) is 0 Å². The van der Waals surface area contributed by atoms with Crippen LogP contribution in [0, 0.1) is 5.92 Å². The van der Waals surface area contributed by atoms with Crippen LogP contribution in [-0.4, -0.2) is 19.0 Å². The van der Waals surface area contributed by atoms with Gasteiger partial charge in [-0.15, -0.1) is 0 Å². The largest absolute Gasteiger partial charge is 0.359 e. The Morgan fingerprint density at radius 3 is 2.54 bits per heavy atom. The van der Waals surface area contributed by atoms with Crippen molar-refractivity contribution in [1.29, 1.82) is 0 Å². The highest BCUT2D eigenvalue weighted by molar-refractivity contribution is 5.75. The topological polar surface area (TPSA) is 55.1 Å². The normalized spacial score (nSPS) is 28.5. The lowest BCUT2D eigenvalue weighted by Gasteiger charge is -2.25. The van der Waals surface area contributed by atoms with Gasteiger partial charge in [0.15, 0.2) is 0 Å². The predicted molar refractivity (Wildman–Crippen MR) is 53.2 cm³/mol. The van der Waals surface area contributed by atoms with Crippen molar-refractivity contribution in [2.75, 3.05) is 7.05 Å². The third-order valence-electron chi connectivity index (χ3n) is 2.95. The molecule has 0 heterocycles. The smallest absolute Gasteiger partial charge is 0.219 e. The van der Waals surface area contributed by atoms with Gasteiger partial charge in [-0.2, -0.15) is 0 Å². The van der Waals surface area contributed by atoms with Crippen molar-refractivity contribution in [2.45, 2.75) is 44.6 Å². The minimum absolute atomic E-state index is 0.162. The Labute approximate surface area is 80.1 Å². The third-order valence-corrected chi connectivity index (χ3v) is 2.95. The Morgan fingerprint density at radius 2 is 2.00 bits per heavy atom. The van der Waals surface area contributed by atoms with E-state index in [0.29, 0.717) is 12.5 Å². The van der Waals surface area contributed by atoms with E-state index in [4.69, 9.17) is 5.73 Å². The van der Waals surface area contributed by atoms with Gasteiger partial charge in [0.1, 0.15) is 0 Å². The Kier molecular flexibility index (Phi) is 4.22. The highest BCUT2D eigenvalue weighted by atomic mass is 16.1. The van der Waals surface area contributed by atoms with Crippen molar-refractivity contribution >= 4 is 5.91 Å². The van der Waals surface area contributed by atoms with Crippen LogP contribution in [-0.2, 0) is 4.79 Å². The number of nitrogens with one attached hydrogen (secondary N) is 1. The Balaban J connectivity index is 2.12. The minimum Gasteiger partial charge on any atom is -0.359 e.